The third-order valence-electron chi connectivity index (χ3n) is 2.31. The van der Waals surface area contributed by atoms with Gasteiger partial charge in [0.1, 0.15) is 10.7 Å². The lowest BCUT2D eigenvalue weighted by molar-refractivity contribution is 0.598. The number of pyridine rings is 1. The van der Waals surface area contributed by atoms with E-state index in [0.717, 1.165) is 0 Å². The van der Waals surface area contributed by atoms with E-state index in [1.807, 2.05) is 0 Å². The van der Waals surface area contributed by atoms with Crippen molar-refractivity contribution in [3.05, 3.63) is 54.1 Å². The molecule has 94 valence electrons. The number of sulfonamides is 1. The summed E-state index contributed by atoms with van der Waals surface area (Å²) in [7, 11) is -3.81. The second-order valence-electron chi connectivity index (χ2n) is 3.72. The van der Waals surface area contributed by atoms with Crippen molar-refractivity contribution in [1.82, 2.24) is 4.98 Å². The average molecular weight is 266 g/mol. The molecule has 4 nitrogen and oxygen atoms in total. The Labute approximate surface area is 105 Å². The van der Waals surface area contributed by atoms with E-state index < -0.39 is 15.8 Å². The molecule has 1 aromatic carbocycles. The second-order valence-corrected chi connectivity index (χ2v) is 5.40. The lowest BCUT2D eigenvalue weighted by Crippen LogP contribution is -2.14. The molecule has 0 saturated carbocycles. The molecule has 0 bridgehead atoms. The zero-order valence-electron chi connectivity index (χ0n) is 9.59. The molecule has 1 heterocycles. The molecule has 18 heavy (non-hydrogen) atoms. The van der Waals surface area contributed by atoms with Crippen molar-refractivity contribution >= 4 is 15.7 Å². The maximum absolute atomic E-state index is 13.4. The van der Waals surface area contributed by atoms with Crippen LogP contribution in [0.25, 0.3) is 0 Å². The van der Waals surface area contributed by atoms with E-state index in [1.54, 1.807) is 19.1 Å². The zero-order chi connectivity index (χ0) is 13.2. The topological polar surface area (TPSA) is 59.1 Å². The Morgan fingerprint density at radius 2 is 1.89 bits per heavy atom. The summed E-state index contributed by atoms with van der Waals surface area (Å²) in [6, 6.07) is 8.58. The van der Waals surface area contributed by atoms with Gasteiger partial charge in [-0.1, -0.05) is 12.1 Å². The van der Waals surface area contributed by atoms with Gasteiger partial charge in [0, 0.05) is 11.9 Å². The highest BCUT2D eigenvalue weighted by atomic mass is 32.2. The van der Waals surface area contributed by atoms with Crippen LogP contribution in [0.15, 0.2) is 47.5 Å². The number of hydrogen-bond acceptors (Lipinski definition) is 3. The van der Waals surface area contributed by atoms with Crippen molar-refractivity contribution in [3.8, 4) is 0 Å². The fourth-order valence-corrected chi connectivity index (χ4v) is 2.37. The summed E-state index contributed by atoms with van der Waals surface area (Å²) in [6.45, 7) is 1.75. The number of hydrogen-bond donors (Lipinski definition) is 1. The Bertz CT molecular complexity index is 654. The first-order valence-electron chi connectivity index (χ1n) is 5.19. The average Bonchev–Trinajstić information content (AvgIpc) is 2.32. The normalized spacial score (nSPS) is 11.2. The highest BCUT2D eigenvalue weighted by Gasteiger charge is 2.16. The molecule has 2 aromatic rings. The Kier molecular flexibility index (Phi) is 3.29. The van der Waals surface area contributed by atoms with Gasteiger partial charge in [-0.3, -0.25) is 9.71 Å². The van der Waals surface area contributed by atoms with Crippen molar-refractivity contribution in [2.45, 2.75) is 11.8 Å². The van der Waals surface area contributed by atoms with Crippen molar-refractivity contribution in [2.75, 3.05) is 4.72 Å². The molecule has 0 atom stereocenters. The molecule has 0 amide bonds. The molecule has 6 heteroatoms. The van der Waals surface area contributed by atoms with E-state index in [2.05, 4.69) is 9.71 Å². The van der Waals surface area contributed by atoms with Gasteiger partial charge in [-0.15, -0.1) is 0 Å². The van der Waals surface area contributed by atoms with E-state index in [4.69, 9.17) is 0 Å². The summed E-state index contributed by atoms with van der Waals surface area (Å²) >= 11 is 0. The van der Waals surface area contributed by atoms with Crippen LogP contribution >= 0.6 is 0 Å². The van der Waals surface area contributed by atoms with E-state index in [-0.39, 0.29) is 10.6 Å². The molecule has 0 aliphatic rings. The molecular weight excluding hydrogens is 255 g/mol. The fraction of sp³-hybridized carbons (Fsp3) is 0.0833. The lowest BCUT2D eigenvalue weighted by atomic mass is 10.3. The Morgan fingerprint density at radius 1 is 1.17 bits per heavy atom. The maximum Gasteiger partial charge on any atom is 0.263 e. The molecule has 0 radical (unpaired) electrons. The monoisotopic (exact) mass is 266 g/mol. The highest BCUT2D eigenvalue weighted by Crippen LogP contribution is 2.18. The van der Waals surface area contributed by atoms with Gasteiger partial charge in [0.2, 0.25) is 0 Å². The first-order valence-corrected chi connectivity index (χ1v) is 6.67. The number of aryl methyl sites for hydroxylation is 1. The van der Waals surface area contributed by atoms with Crippen LogP contribution in [0, 0.1) is 12.7 Å². The third kappa shape index (κ3) is 2.65. The molecule has 0 unspecified atom stereocenters. The Morgan fingerprint density at radius 3 is 2.50 bits per heavy atom. The Balaban J connectivity index is 2.33. The van der Waals surface area contributed by atoms with Crippen LogP contribution in [0.5, 0.6) is 0 Å². The lowest BCUT2D eigenvalue weighted by Gasteiger charge is -2.08. The highest BCUT2D eigenvalue weighted by molar-refractivity contribution is 7.92. The SMILES string of the molecule is Cc1ccc(S(=O)(=O)Nc2ccccc2F)cn1. The van der Waals surface area contributed by atoms with Gasteiger partial charge in [-0.05, 0) is 31.2 Å². The van der Waals surface area contributed by atoms with Crippen molar-refractivity contribution in [2.24, 2.45) is 0 Å². The number of anilines is 1. The number of benzene rings is 1. The van der Waals surface area contributed by atoms with Crippen LogP contribution in [0.2, 0.25) is 0 Å². The smallest absolute Gasteiger partial charge is 0.263 e. The maximum atomic E-state index is 13.4. The number of para-hydroxylation sites is 1. The summed E-state index contributed by atoms with van der Waals surface area (Å²) in [4.78, 5) is 3.89. The van der Waals surface area contributed by atoms with Crippen LogP contribution in [0.1, 0.15) is 5.69 Å². The first kappa shape index (κ1) is 12.5. The van der Waals surface area contributed by atoms with Crippen molar-refractivity contribution < 1.29 is 12.8 Å². The zero-order valence-corrected chi connectivity index (χ0v) is 10.4. The summed E-state index contributed by atoms with van der Waals surface area (Å²) < 4.78 is 39.4. The number of nitrogens with zero attached hydrogens (tertiary/aromatic N) is 1. The van der Waals surface area contributed by atoms with Crippen LogP contribution in [-0.2, 0) is 10.0 Å². The van der Waals surface area contributed by atoms with Gasteiger partial charge in [0.15, 0.2) is 0 Å². The third-order valence-corrected chi connectivity index (χ3v) is 3.66. The van der Waals surface area contributed by atoms with E-state index in [0.29, 0.717) is 5.69 Å². The quantitative estimate of drug-likeness (QED) is 0.927. The van der Waals surface area contributed by atoms with Gasteiger partial charge in [-0.2, -0.15) is 0 Å². The van der Waals surface area contributed by atoms with Crippen LogP contribution in [0.3, 0.4) is 0 Å². The van der Waals surface area contributed by atoms with Gasteiger partial charge in [0.05, 0.1) is 5.69 Å². The summed E-state index contributed by atoms with van der Waals surface area (Å²) in [5, 5.41) is 0. The van der Waals surface area contributed by atoms with Gasteiger partial charge < -0.3 is 0 Å². The fourth-order valence-electron chi connectivity index (χ4n) is 1.36. The van der Waals surface area contributed by atoms with Crippen LogP contribution in [0.4, 0.5) is 10.1 Å². The number of nitrogens with one attached hydrogen (secondary N) is 1. The number of rotatable bonds is 3. The predicted octanol–water partition coefficient (Wildman–Crippen LogP) is 2.33. The summed E-state index contributed by atoms with van der Waals surface area (Å²) in [6.07, 6.45) is 1.23. The standard InChI is InChI=1S/C12H11FN2O2S/c1-9-6-7-10(8-14-9)18(16,17)15-12-5-3-2-4-11(12)13/h2-8,15H,1H3. The number of halogens is 1. The van der Waals surface area contributed by atoms with E-state index in [9.17, 15) is 12.8 Å². The summed E-state index contributed by atoms with van der Waals surface area (Å²) in [5.74, 6) is -0.624. The van der Waals surface area contributed by atoms with Crippen LogP contribution < -0.4 is 4.72 Å². The van der Waals surface area contributed by atoms with Gasteiger partial charge in [0.25, 0.3) is 10.0 Å². The first-order chi connectivity index (χ1) is 8.49. The van der Waals surface area contributed by atoms with Gasteiger partial charge in [-0.25, -0.2) is 12.8 Å². The minimum absolute atomic E-state index is 0.00338. The predicted molar refractivity (Wildman–Crippen MR) is 66.2 cm³/mol. The molecule has 1 aromatic heterocycles. The molecule has 0 aliphatic heterocycles. The largest absolute Gasteiger partial charge is 0.277 e. The summed E-state index contributed by atoms with van der Waals surface area (Å²) in [5.41, 5.74) is 0.623. The minimum Gasteiger partial charge on any atom is -0.277 e. The van der Waals surface area contributed by atoms with Gasteiger partial charge >= 0.3 is 0 Å². The van der Waals surface area contributed by atoms with Crippen molar-refractivity contribution in [3.63, 3.8) is 0 Å². The molecule has 0 saturated heterocycles. The van der Waals surface area contributed by atoms with Crippen LogP contribution in [-0.4, -0.2) is 13.4 Å². The molecule has 2 rings (SSSR count). The number of aromatic nitrogens is 1. The van der Waals surface area contributed by atoms with E-state index in [1.165, 1.54) is 30.5 Å². The molecular formula is C12H11FN2O2S. The molecule has 0 fully saturated rings. The minimum atomic E-state index is -3.81. The molecule has 1 N–H and O–H groups in total. The second kappa shape index (κ2) is 4.73. The molecule has 0 aliphatic carbocycles. The Hall–Kier alpha value is -1.95. The van der Waals surface area contributed by atoms with Crippen molar-refractivity contribution in [1.29, 1.82) is 0 Å². The van der Waals surface area contributed by atoms with E-state index >= 15 is 0 Å². The molecule has 0 spiro atoms.